The van der Waals surface area contributed by atoms with Crippen molar-refractivity contribution in [2.24, 2.45) is 5.73 Å². The molecule has 2 unspecified atom stereocenters. The van der Waals surface area contributed by atoms with Crippen molar-refractivity contribution in [2.75, 3.05) is 0 Å². The van der Waals surface area contributed by atoms with Gasteiger partial charge >= 0.3 is 0 Å². The Morgan fingerprint density at radius 1 is 1.22 bits per heavy atom. The van der Waals surface area contributed by atoms with Gasteiger partial charge in [0.2, 0.25) is 0 Å². The summed E-state index contributed by atoms with van der Waals surface area (Å²) < 4.78 is 25.9. The van der Waals surface area contributed by atoms with Gasteiger partial charge in [-0.2, -0.15) is 0 Å². The molecule has 2 N–H and O–H groups in total. The molecule has 0 aliphatic carbocycles. The maximum atomic E-state index is 12.5. The van der Waals surface area contributed by atoms with Crippen LogP contribution in [-0.4, -0.2) is 19.7 Å². The summed E-state index contributed by atoms with van der Waals surface area (Å²) in [7, 11) is -3.34. The molecule has 1 aromatic carbocycles. The van der Waals surface area contributed by atoms with Gasteiger partial charge in [-0.1, -0.05) is 36.2 Å². The lowest BCUT2D eigenvalue weighted by molar-refractivity contribution is 0.516. The van der Waals surface area contributed by atoms with Gasteiger partial charge in [0, 0.05) is 10.5 Å². The second-order valence-corrected chi connectivity index (χ2v) is 7.48. The SMILES string of the molecule is CCCC(N)C(CC)S(=O)(=O)c1ccc(Br)cc1. The second-order valence-electron chi connectivity index (χ2n) is 4.40. The number of sulfone groups is 1. The Kier molecular flexibility index (Phi) is 5.82. The van der Waals surface area contributed by atoms with Crippen LogP contribution in [0.4, 0.5) is 0 Å². The van der Waals surface area contributed by atoms with Crippen molar-refractivity contribution >= 4 is 25.8 Å². The fraction of sp³-hybridized carbons (Fsp3) is 0.538. The summed E-state index contributed by atoms with van der Waals surface area (Å²) in [6.45, 7) is 3.88. The van der Waals surface area contributed by atoms with E-state index in [0.717, 1.165) is 17.3 Å². The van der Waals surface area contributed by atoms with Crippen LogP contribution in [0.2, 0.25) is 0 Å². The first-order valence-electron chi connectivity index (χ1n) is 6.18. The summed E-state index contributed by atoms with van der Waals surface area (Å²) in [5.41, 5.74) is 6.00. The van der Waals surface area contributed by atoms with Crippen LogP contribution in [0.1, 0.15) is 33.1 Å². The first-order chi connectivity index (χ1) is 8.43. The number of benzene rings is 1. The van der Waals surface area contributed by atoms with Crippen molar-refractivity contribution in [1.82, 2.24) is 0 Å². The van der Waals surface area contributed by atoms with Crippen LogP contribution in [0.3, 0.4) is 0 Å². The number of halogens is 1. The largest absolute Gasteiger partial charge is 0.327 e. The van der Waals surface area contributed by atoms with Gasteiger partial charge in [-0.25, -0.2) is 8.42 Å². The zero-order valence-corrected chi connectivity index (χ0v) is 13.2. The van der Waals surface area contributed by atoms with Gasteiger partial charge in [0.05, 0.1) is 10.1 Å². The zero-order chi connectivity index (χ0) is 13.8. The smallest absolute Gasteiger partial charge is 0.182 e. The van der Waals surface area contributed by atoms with E-state index in [1.807, 2.05) is 13.8 Å². The highest BCUT2D eigenvalue weighted by Crippen LogP contribution is 2.23. The zero-order valence-electron chi connectivity index (χ0n) is 10.8. The third-order valence-electron chi connectivity index (χ3n) is 3.04. The van der Waals surface area contributed by atoms with E-state index in [4.69, 9.17) is 5.73 Å². The standard InChI is InChI=1S/C13H20BrNO2S/c1-3-5-12(15)13(4-2)18(16,17)11-8-6-10(14)7-9-11/h6-9,12-13H,3-5,15H2,1-2H3. The van der Waals surface area contributed by atoms with Gasteiger partial charge in [0.1, 0.15) is 0 Å². The van der Waals surface area contributed by atoms with E-state index in [-0.39, 0.29) is 6.04 Å². The Hall–Kier alpha value is -0.390. The topological polar surface area (TPSA) is 60.2 Å². The summed E-state index contributed by atoms with van der Waals surface area (Å²) in [4.78, 5) is 0.351. The van der Waals surface area contributed by atoms with E-state index in [9.17, 15) is 8.42 Å². The molecule has 0 aromatic heterocycles. The van der Waals surface area contributed by atoms with Crippen LogP contribution < -0.4 is 5.73 Å². The molecular weight excluding hydrogens is 314 g/mol. The Morgan fingerprint density at radius 3 is 2.22 bits per heavy atom. The molecule has 0 fully saturated rings. The predicted molar refractivity (Wildman–Crippen MR) is 78.3 cm³/mol. The summed E-state index contributed by atoms with van der Waals surface area (Å²) in [5, 5.41) is -0.501. The minimum atomic E-state index is -3.34. The van der Waals surface area contributed by atoms with E-state index in [0.29, 0.717) is 11.3 Å². The van der Waals surface area contributed by atoms with Gasteiger partial charge < -0.3 is 5.73 Å². The van der Waals surface area contributed by atoms with Crippen molar-refractivity contribution < 1.29 is 8.42 Å². The summed E-state index contributed by atoms with van der Waals surface area (Å²) in [6, 6.07) is 6.44. The molecule has 0 amide bonds. The highest BCUT2D eigenvalue weighted by molar-refractivity contribution is 9.10. The third kappa shape index (κ3) is 3.56. The molecule has 0 saturated heterocycles. The monoisotopic (exact) mass is 333 g/mol. The summed E-state index contributed by atoms with van der Waals surface area (Å²) >= 11 is 3.30. The van der Waals surface area contributed by atoms with Crippen LogP contribution >= 0.6 is 15.9 Å². The fourth-order valence-corrected chi connectivity index (χ4v) is 4.24. The molecule has 0 aliphatic heterocycles. The molecule has 1 aromatic rings. The summed E-state index contributed by atoms with van der Waals surface area (Å²) in [6.07, 6.45) is 2.17. The van der Waals surface area contributed by atoms with Crippen LogP contribution in [0.15, 0.2) is 33.6 Å². The van der Waals surface area contributed by atoms with Crippen LogP contribution in [0.5, 0.6) is 0 Å². The maximum absolute atomic E-state index is 12.5. The average Bonchev–Trinajstić information content (AvgIpc) is 2.30. The minimum absolute atomic E-state index is 0.298. The lowest BCUT2D eigenvalue weighted by Gasteiger charge is -2.22. The van der Waals surface area contributed by atoms with Crippen molar-refractivity contribution in [1.29, 1.82) is 0 Å². The van der Waals surface area contributed by atoms with Gasteiger partial charge in [-0.15, -0.1) is 0 Å². The Balaban J connectivity index is 3.06. The van der Waals surface area contributed by atoms with Gasteiger partial charge in [0.25, 0.3) is 0 Å². The molecule has 3 nitrogen and oxygen atoms in total. The molecular formula is C13H20BrNO2S. The molecule has 1 rings (SSSR count). The number of nitrogens with two attached hydrogens (primary N) is 1. The first-order valence-corrected chi connectivity index (χ1v) is 8.52. The molecule has 5 heteroatoms. The summed E-state index contributed by atoms with van der Waals surface area (Å²) in [5.74, 6) is 0. The van der Waals surface area contributed by atoms with E-state index in [1.165, 1.54) is 0 Å². The lowest BCUT2D eigenvalue weighted by atomic mass is 10.1. The minimum Gasteiger partial charge on any atom is -0.327 e. The molecule has 0 saturated carbocycles. The first kappa shape index (κ1) is 15.7. The van der Waals surface area contributed by atoms with Crippen LogP contribution in [-0.2, 0) is 9.84 Å². The van der Waals surface area contributed by atoms with Crippen LogP contribution in [0.25, 0.3) is 0 Å². The highest BCUT2D eigenvalue weighted by atomic mass is 79.9. The number of hydrogen-bond donors (Lipinski definition) is 1. The molecule has 0 bridgehead atoms. The fourth-order valence-electron chi connectivity index (χ4n) is 2.07. The third-order valence-corrected chi connectivity index (χ3v) is 5.98. The quantitative estimate of drug-likeness (QED) is 0.869. The maximum Gasteiger partial charge on any atom is 0.182 e. The second kappa shape index (κ2) is 6.68. The number of rotatable bonds is 6. The molecule has 18 heavy (non-hydrogen) atoms. The highest BCUT2D eigenvalue weighted by Gasteiger charge is 2.30. The van der Waals surface area contributed by atoms with Crippen molar-refractivity contribution in [3.63, 3.8) is 0 Å². The van der Waals surface area contributed by atoms with E-state index in [2.05, 4.69) is 15.9 Å². The van der Waals surface area contributed by atoms with Gasteiger partial charge in [-0.05, 0) is 37.1 Å². The lowest BCUT2D eigenvalue weighted by Crippen LogP contribution is -2.40. The van der Waals surface area contributed by atoms with E-state index >= 15 is 0 Å². The normalized spacial score (nSPS) is 15.3. The Morgan fingerprint density at radius 2 is 1.78 bits per heavy atom. The molecule has 0 spiro atoms. The Labute approximate surface area is 118 Å². The van der Waals surface area contributed by atoms with Crippen molar-refractivity contribution in [3.8, 4) is 0 Å². The molecule has 0 aliphatic rings. The van der Waals surface area contributed by atoms with E-state index in [1.54, 1.807) is 24.3 Å². The van der Waals surface area contributed by atoms with Crippen LogP contribution in [0, 0.1) is 0 Å². The molecule has 0 radical (unpaired) electrons. The average molecular weight is 334 g/mol. The van der Waals surface area contributed by atoms with Crippen molar-refractivity contribution in [3.05, 3.63) is 28.7 Å². The van der Waals surface area contributed by atoms with Crippen molar-refractivity contribution in [2.45, 2.75) is 49.3 Å². The molecule has 0 heterocycles. The van der Waals surface area contributed by atoms with E-state index < -0.39 is 15.1 Å². The Bertz CT molecular complexity index is 470. The molecule has 102 valence electrons. The van der Waals surface area contributed by atoms with Gasteiger partial charge in [-0.3, -0.25) is 0 Å². The van der Waals surface area contributed by atoms with Gasteiger partial charge in [0.15, 0.2) is 9.84 Å². The predicted octanol–water partition coefficient (Wildman–Crippen LogP) is 3.13. The molecule has 2 atom stereocenters. The number of hydrogen-bond acceptors (Lipinski definition) is 3.